The lowest BCUT2D eigenvalue weighted by atomic mass is 10.1. The van der Waals surface area contributed by atoms with E-state index in [4.69, 9.17) is 4.74 Å². The summed E-state index contributed by atoms with van der Waals surface area (Å²) < 4.78 is 5.54. The number of hydrogen-bond acceptors (Lipinski definition) is 4. The largest absolute Gasteiger partial charge is 0.490 e. The van der Waals surface area contributed by atoms with Crippen molar-refractivity contribution in [1.82, 2.24) is 5.32 Å². The first-order valence-corrected chi connectivity index (χ1v) is 5.88. The third-order valence-corrected chi connectivity index (χ3v) is 2.98. The Morgan fingerprint density at radius 3 is 3.12 bits per heavy atom. The molecule has 0 radical (unpaired) electrons. The number of fused-ring (bicyclic) bond motifs is 1. The summed E-state index contributed by atoms with van der Waals surface area (Å²) in [6.07, 6.45) is 0.528. The van der Waals surface area contributed by atoms with Crippen LogP contribution in [0.1, 0.15) is 16.8 Å². The minimum absolute atomic E-state index is 0.168. The van der Waals surface area contributed by atoms with Crippen molar-refractivity contribution in [2.24, 2.45) is 0 Å². The van der Waals surface area contributed by atoms with E-state index >= 15 is 0 Å². The number of likely N-dealkylation sites (N-methyl/N-ethyl adjacent to an activating group) is 1. The Hall–Kier alpha value is -1.55. The highest BCUT2D eigenvalue weighted by atomic mass is 16.5. The number of rotatable bonds is 4. The number of nitrogens with zero attached hydrogens (tertiary/aromatic N) is 1. The van der Waals surface area contributed by atoms with Crippen molar-refractivity contribution in [3.63, 3.8) is 0 Å². The first-order valence-electron chi connectivity index (χ1n) is 5.88. The Kier molecular flexibility index (Phi) is 3.64. The van der Waals surface area contributed by atoms with Gasteiger partial charge in [0, 0.05) is 25.6 Å². The summed E-state index contributed by atoms with van der Waals surface area (Å²) in [5, 5.41) is 2.98. The van der Waals surface area contributed by atoms with E-state index in [1.165, 1.54) is 0 Å². The van der Waals surface area contributed by atoms with Crippen LogP contribution in [0.25, 0.3) is 0 Å². The molecule has 92 valence electrons. The molecule has 0 saturated heterocycles. The van der Waals surface area contributed by atoms with Crippen molar-refractivity contribution in [3.8, 4) is 5.75 Å². The quantitative estimate of drug-likeness (QED) is 0.797. The molecule has 0 aromatic heterocycles. The zero-order chi connectivity index (χ0) is 12.3. The second-order valence-electron chi connectivity index (χ2n) is 4.23. The van der Waals surface area contributed by atoms with Crippen molar-refractivity contribution < 1.29 is 9.53 Å². The minimum Gasteiger partial charge on any atom is -0.490 e. The highest BCUT2D eigenvalue weighted by Gasteiger charge is 2.16. The van der Waals surface area contributed by atoms with Gasteiger partial charge in [-0.3, -0.25) is 4.79 Å². The molecule has 1 N–H and O–H groups in total. The van der Waals surface area contributed by atoms with Gasteiger partial charge in [-0.2, -0.15) is 0 Å². The normalized spacial score (nSPS) is 14.1. The molecule has 1 aliphatic rings. The minimum atomic E-state index is 0.168. The summed E-state index contributed by atoms with van der Waals surface area (Å²) in [4.78, 5) is 14.0. The Balaban J connectivity index is 2.20. The summed E-state index contributed by atoms with van der Waals surface area (Å²) in [5.74, 6) is 1.03. The smallest absolute Gasteiger partial charge is 0.164 e. The molecule has 0 aliphatic carbocycles. The van der Waals surface area contributed by atoms with E-state index in [0.717, 1.165) is 23.5 Å². The lowest BCUT2D eigenvalue weighted by molar-refractivity contribution is 0.0983. The van der Waals surface area contributed by atoms with Crippen molar-refractivity contribution in [1.29, 1.82) is 0 Å². The van der Waals surface area contributed by atoms with E-state index in [9.17, 15) is 4.79 Å². The van der Waals surface area contributed by atoms with Gasteiger partial charge in [-0.25, -0.2) is 0 Å². The molecular weight excluding hydrogens is 216 g/mol. The number of anilines is 1. The standard InChI is InChI=1S/C13H18N2O2/c1-14-6-5-12(16)10-3-4-13-11(9-10)15(2)7-8-17-13/h3-4,9,14H,5-8H2,1-2H3. The number of carbonyl (C=O) groups excluding carboxylic acids is 1. The van der Waals surface area contributed by atoms with Gasteiger partial charge in [-0.05, 0) is 25.2 Å². The maximum absolute atomic E-state index is 11.9. The van der Waals surface area contributed by atoms with E-state index in [2.05, 4.69) is 10.2 Å². The molecule has 17 heavy (non-hydrogen) atoms. The highest BCUT2D eigenvalue weighted by Crippen LogP contribution is 2.31. The number of nitrogens with one attached hydrogen (secondary N) is 1. The third kappa shape index (κ3) is 2.58. The van der Waals surface area contributed by atoms with Crippen LogP contribution in [0.15, 0.2) is 18.2 Å². The predicted molar refractivity (Wildman–Crippen MR) is 68.1 cm³/mol. The molecule has 0 amide bonds. The Labute approximate surface area is 102 Å². The highest BCUT2D eigenvalue weighted by molar-refractivity contribution is 5.97. The number of benzene rings is 1. The maximum atomic E-state index is 11.9. The van der Waals surface area contributed by atoms with Crippen LogP contribution in [-0.4, -0.2) is 39.6 Å². The van der Waals surface area contributed by atoms with Crippen LogP contribution in [0.2, 0.25) is 0 Å². The van der Waals surface area contributed by atoms with Crippen molar-refractivity contribution in [2.75, 3.05) is 38.7 Å². The number of carbonyl (C=O) groups is 1. The van der Waals surface area contributed by atoms with Crippen molar-refractivity contribution in [2.45, 2.75) is 6.42 Å². The average Bonchev–Trinajstić information content (AvgIpc) is 2.36. The molecule has 1 aromatic carbocycles. The fourth-order valence-electron chi connectivity index (χ4n) is 1.91. The molecule has 0 saturated carbocycles. The van der Waals surface area contributed by atoms with E-state index in [1.54, 1.807) is 0 Å². The molecule has 2 rings (SSSR count). The van der Waals surface area contributed by atoms with Crippen LogP contribution in [0, 0.1) is 0 Å². The van der Waals surface area contributed by atoms with Gasteiger partial charge in [0.1, 0.15) is 12.4 Å². The van der Waals surface area contributed by atoms with Crippen LogP contribution in [0.3, 0.4) is 0 Å². The predicted octanol–water partition coefficient (Wildman–Crippen LogP) is 1.31. The molecule has 0 unspecified atom stereocenters. The summed E-state index contributed by atoms with van der Waals surface area (Å²) in [5.41, 5.74) is 1.77. The Bertz CT molecular complexity index is 418. The van der Waals surface area contributed by atoms with Gasteiger partial charge in [0.2, 0.25) is 0 Å². The molecule has 4 heteroatoms. The van der Waals surface area contributed by atoms with E-state index in [-0.39, 0.29) is 5.78 Å². The van der Waals surface area contributed by atoms with Gasteiger partial charge in [-0.1, -0.05) is 0 Å². The number of hydrogen-bond donors (Lipinski definition) is 1. The molecular formula is C13H18N2O2. The summed E-state index contributed by atoms with van der Waals surface area (Å²) in [6.45, 7) is 2.28. The number of ether oxygens (including phenoxy) is 1. The monoisotopic (exact) mass is 234 g/mol. The van der Waals surface area contributed by atoms with Crippen LogP contribution in [0.4, 0.5) is 5.69 Å². The summed E-state index contributed by atoms with van der Waals surface area (Å²) in [7, 11) is 3.87. The molecule has 0 spiro atoms. The molecule has 1 aliphatic heterocycles. The topological polar surface area (TPSA) is 41.6 Å². The van der Waals surface area contributed by atoms with Gasteiger partial charge in [0.15, 0.2) is 5.78 Å². The van der Waals surface area contributed by atoms with Crippen LogP contribution in [0.5, 0.6) is 5.75 Å². The SMILES string of the molecule is CNCCC(=O)c1ccc2c(c1)N(C)CCO2. The summed E-state index contributed by atoms with van der Waals surface area (Å²) in [6, 6.07) is 5.65. The first kappa shape index (κ1) is 11.9. The molecule has 0 fully saturated rings. The first-order chi connectivity index (χ1) is 8.22. The number of Topliss-reactive ketones (excluding diaryl/α,β-unsaturated/α-hetero) is 1. The van der Waals surface area contributed by atoms with Gasteiger partial charge in [-0.15, -0.1) is 0 Å². The molecule has 4 nitrogen and oxygen atoms in total. The van der Waals surface area contributed by atoms with Crippen molar-refractivity contribution >= 4 is 11.5 Å². The Morgan fingerprint density at radius 2 is 2.35 bits per heavy atom. The second kappa shape index (κ2) is 5.19. The second-order valence-corrected chi connectivity index (χ2v) is 4.23. The lowest BCUT2D eigenvalue weighted by Gasteiger charge is -2.27. The molecule has 1 heterocycles. The number of ketones is 1. The fourth-order valence-corrected chi connectivity index (χ4v) is 1.91. The van der Waals surface area contributed by atoms with Crippen molar-refractivity contribution in [3.05, 3.63) is 23.8 Å². The van der Waals surface area contributed by atoms with Crippen LogP contribution in [-0.2, 0) is 0 Å². The molecule has 1 aromatic rings. The van der Waals surface area contributed by atoms with Gasteiger partial charge < -0.3 is 15.0 Å². The zero-order valence-electron chi connectivity index (χ0n) is 10.3. The van der Waals surface area contributed by atoms with Crippen LogP contribution >= 0.6 is 0 Å². The van der Waals surface area contributed by atoms with Gasteiger partial charge >= 0.3 is 0 Å². The third-order valence-electron chi connectivity index (χ3n) is 2.98. The zero-order valence-corrected chi connectivity index (χ0v) is 10.3. The average molecular weight is 234 g/mol. The van der Waals surface area contributed by atoms with E-state index in [0.29, 0.717) is 19.6 Å². The maximum Gasteiger partial charge on any atom is 0.164 e. The Morgan fingerprint density at radius 1 is 1.53 bits per heavy atom. The molecule has 0 bridgehead atoms. The van der Waals surface area contributed by atoms with Gasteiger partial charge in [0.05, 0.1) is 12.2 Å². The van der Waals surface area contributed by atoms with E-state index < -0.39 is 0 Å². The lowest BCUT2D eigenvalue weighted by Crippen LogP contribution is -2.29. The van der Waals surface area contributed by atoms with E-state index in [1.807, 2.05) is 32.3 Å². The van der Waals surface area contributed by atoms with Crippen LogP contribution < -0.4 is 15.0 Å². The fraction of sp³-hybridized carbons (Fsp3) is 0.462. The van der Waals surface area contributed by atoms with Gasteiger partial charge in [0.25, 0.3) is 0 Å². The summed E-state index contributed by atoms with van der Waals surface area (Å²) >= 11 is 0. The molecule has 0 atom stereocenters.